The third-order valence-corrected chi connectivity index (χ3v) is 7.95. The van der Waals surface area contributed by atoms with Gasteiger partial charge >= 0.3 is 5.97 Å². The summed E-state index contributed by atoms with van der Waals surface area (Å²) in [5.41, 5.74) is -1.89. The van der Waals surface area contributed by atoms with Gasteiger partial charge < -0.3 is 24.4 Å². The number of benzene rings is 1. The van der Waals surface area contributed by atoms with Crippen LogP contribution < -0.4 is 4.90 Å². The molecule has 1 aromatic rings. The van der Waals surface area contributed by atoms with Crippen LogP contribution in [0.2, 0.25) is 5.02 Å². The molecule has 9 heteroatoms. The summed E-state index contributed by atoms with van der Waals surface area (Å²) in [6, 6.07) is 5.19. The first kappa shape index (κ1) is 24.0. The topological polar surface area (TPSA) is 96.4 Å². The van der Waals surface area contributed by atoms with Crippen molar-refractivity contribution in [2.45, 2.75) is 44.1 Å². The van der Waals surface area contributed by atoms with E-state index in [0.717, 1.165) is 0 Å². The summed E-state index contributed by atoms with van der Waals surface area (Å²) in [6.45, 7) is 5.55. The average molecular weight is 501 g/mol. The van der Waals surface area contributed by atoms with Crippen LogP contribution in [0.15, 0.2) is 48.6 Å². The Morgan fingerprint density at radius 3 is 2.46 bits per heavy atom. The third kappa shape index (κ3) is 3.45. The van der Waals surface area contributed by atoms with Gasteiger partial charge in [0.05, 0.1) is 24.2 Å². The Bertz CT molecular complexity index is 1120. The number of esters is 1. The molecule has 186 valence electrons. The van der Waals surface area contributed by atoms with E-state index in [1.54, 1.807) is 54.3 Å². The summed E-state index contributed by atoms with van der Waals surface area (Å²) in [7, 11) is 0. The molecule has 5 rings (SSSR count). The van der Waals surface area contributed by atoms with Crippen molar-refractivity contribution in [3.05, 3.63) is 53.6 Å². The minimum atomic E-state index is -1.39. The Kier molecular flexibility index (Phi) is 5.81. The van der Waals surface area contributed by atoms with Gasteiger partial charge in [-0.2, -0.15) is 0 Å². The second-order valence-corrected chi connectivity index (χ2v) is 10.5. The molecule has 0 bridgehead atoms. The highest BCUT2D eigenvalue weighted by Crippen LogP contribution is 2.58. The summed E-state index contributed by atoms with van der Waals surface area (Å²) >= 11 is 6.06. The van der Waals surface area contributed by atoms with E-state index < -0.39 is 41.1 Å². The van der Waals surface area contributed by atoms with Gasteiger partial charge in [0, 0.05) is 17.3 Å². The normalized spacial score (nSPS) is 34.9. The van der Waals surface area contributed by atoms with Crippen LogP contribution >= 0.6 is 11.6 Å². The lowest BCUT2D eigenvalue weighted by molar-refractivity contribution is -0.158. The van der Waals surface area contributed by atoms with Crippen molar-refractivity contribution in [3.63, 3.8) is 0 Å². The van der Waals surface area contributed by atoms with Crippen LogP contribution in [-0.4, -0.2) is 70.8 Å². The van der Waals surface area contributed by atoms with E-state index >= 15 is 0 Å². The smallest absolute Gasteiger partial charge is 0.313 e. The summed E-state index contributed by atoms with van der Waals surface area (Å²) in [5, 5.41) is 10.8. The van der Waals surface area contributed by atoms with Gasteiger partial charge in [0.25, 0.3) is 5.91 Å². The van der Waals surface area contributed by atoms with Gasteiger partial charge in [-0.3, -0.25) is 14.4 Å². The van der Waals surface area contributed by atoms with Crippen LogP contribution in [0.3, 0.4) is 0 Å². The van der Waals surface area contributed by atoms with Crippen molar-refractivity contribution in [1.29, 1.82) is 0 Å². The molecule has 0 saturated carbocycles. The van der Waals surface area contributed by atoms with E-state index in [2.05, 4.69) is 0 Å². The van der Waals surface area contributed by atoms with E-state index in [1.165, 1.54) is 4.90 Å². The first-order valence-corrected chi connectivity index (χ1v) is 12.2. The zero-order chi connectivity index (χ0) is 25.1. The van der Waals surface area contributed by atoms with Crippen LogP contribution in [0, 0.1) is 17.8 Å². The quantitative estimate of drug-likeness (QED) is 0.503. The van der Waals surface area contributed by atoms with Gasteiger partial charge in [-0.15, -0.1) is 0 Å². The molecule has 35 heavy (non-hydrogen) atoms. The van der Waals surface area contributed by atoms with E-state index in [-0.39, 0.29) is 37.5 Å². The zero-order valence-corrected chi connectivity index (χ0v) is 20.6. The Morgan fingerprint density at radius 2 is 1.80 bits per heavy atom. The first-order chi connectivity index (χ1) is 16.6. The predicted molar refractivity (Wildman–Crippen MR) is 129 cm³/mol. The number of anilines is 1. The molecule has 8 nitrogen and oxygen atoms in total. The number of aliphatic hydroxyl groups is 1. The largest absolute Gasteiger partial charge is 0.461 e. The SMILES string of the molecule is CC(C)[C@H](CO)N1C(=O)[C@@H]2[C@H]3C(=O)OCC=C[C@@]3(C)O[C@@]23C=CCN(c2ccc(Cl)cc2)C(=O)C13. The van der Waals surface area contributed by atoms with Crippen LogP contribution in [0.1, 0.15) is 20.8 Å². The van der Waals surface area contributed by atoms with Crippen LogP contribution in [0.5, 0.6) is 0 Å². The number of rotatable bonds is 4. The van der Waals surface area contributed by atoms with Crippen LogP contribution in [0.25, 0.3) is 0 Å². The van der Waals surface area contributed by atoms with Crippen molar-refractivity contribution in [1.82, 2.24) is 4.90 Å². The maximum atomic E-state index is 14.3. The summed E-state index contributed by atoms with van der Waals surface area (Å²) in [4.78, 5) is 44.6. The molecule has 2 saturated heterocycles. The number of nitrogens with zero attached hydrogens (tertiary/aromatic N) is 2. The number of fused-ring (bicyclic) bond motifs is 2. The highest BCUT2D eigenvalue weighted by molar-refractivity contribution is 6.30. The van der Waals surface area contributed by atoms with Gasteiger partial charge in [0.2, 0.25) is 5.91 Å². The zero-order valence-electron chi connectivity index (χ0n) is 19.9. The molecule has 1 aromatic carbocycles. The standard InChI is InChI=1S/C26H29ClN2O6/c1-15(2)18(14-30)29-21-23(32)28(17-8-6-16(27)7-9-17)12-4-11-26(21)19(22(29)31)20-24(33)34-13-5-10-25(20,3)35-26/h4-11,15,18-21,30H,12-14H2,1-3H3/t18-,19-,20-,21?,25+,26-/m0/s1. The van der Waals surface area contributed by atoms with Crippen molar-refractivity contribution < 1.29 is 29.0 Å². The molecule has 1 N–H and O–H groups in total. The van der Waals surface area contributed by atoms with Gasteiger partial charge in [-0.1, -0.05) is 43.7 Å². The third-order valence-electron chi connectivity index (χ3n) is 7.70. The second kappa shape index (κ2) is 8.47. The number of hydrogen-bond acceptors (Lipinski definition) is 6. The molecule has 0 aliphatic carbocycles. The van der Waals surface area contributed by atoms with Gasteiger partial charge in [-0.05, 0) is 43.2 Å². The fourth-order valence-corrected chi connectivity index (χ4v) is 6.25. The van der Waals surface area contributed by atoms with E-state index in [0.29, 0.717) is 10.7 Å². The number of aliphatic hydroxyl groups excluding tert-OH is 1. The molecule has 6 atom stereocenters. The molecular weight excluding hydrogens is 472 g/mol. The number of halogens is 1. The minimum Gasteiger partial charge on any atom is -0.461 e. The Labute approximate surface area is 209 Å². The van der Waals surface area contributed by atoms with Gasteiger partial charge in [0.1, 0.15) is 24.2 Å². The maximum absolute atomic E-state index is 14.3. The molecule has 1 spiro atoms. The van der Waals surface area contributed by atoms with Gasteiger partial charge in [-0.25, -0.2) is 0 Å². The summed E-state index contributed by atoms with van der Waals surface area (Å²) in [5.74, 6) is -3.29. The molecule has 0 radical (unpaired) electrons. The molecule has 0 aromatic heterocycles. The van der Waals surface area contributed by atoms with Crippen molar-refractivity contribution >= 4 is 35.1 Å². The second-order valence-electron chi connectivity index (χ2n) is 10.1. The van der Waals surface area contributed by atoms with E-state index in [1.807, 2.05) is 19.9 Å². The molecule has 2 fully saturated rings. The monoisotopic (exact) mass is 500 g/mol. The predicted octanol–water partition coefficient (Wildman–Crippen LogP) is 2.34. The number of amides is 2. The lowest BCUT2D eigenvalue weighted by Gasteiger charge is -2.41. The average Bonchev–Trinajstić information content (AvgIpc) is 3.06. The van der Waals surface area contributed by atoms with Crippen LogP contribution in [-0.2, 0) is 23.9 Å². The number of cyclic esters (lactones) is 1. The fourth-order valence-electron chi connectivity index (χ4n) is 6.13. The number of carbonyl (C=O) groups is 3. The van der Waals surface area contributed by atoms with E-state index in [9.17, 15) is 19.5 Å². The van der Waals surface area contributed by atoms with E-state index in [4.69, 9.17) is 21.1 Å². The lowest BCUT2D eigenvalue weighted by atomic mass is 9.75. The highest BCUT2D eigenvalue weighted by Gasteiger charge is 2.75. The van der Waals surface area contributed by atoms with Crippen molar-refractivity contribution in [2.75, 3.05) is 24.7 Å². The lowest BCUT2D eigenvalue weighted by Crippen LogP contribution is -2.59. The summed E-state index contributed by atoms with van der Waals surface area (Å²) in [6.07, 6.45) is 7.04. The Hall–Kier alpha value is -2.68. The molecule has 4 heterocycles. The minimum absolute atomic E-state index is 0.0969. The van der Waals surface area contributed by atoms with Crippen LogP contribution in [0.4, 0.5) is 5.69 Å². The number of hydrogen-bond donors (Lipinski definition) is 1. The van der Waals surface area contributed by atoms with Gasteiger partial charge in [0.15, 0.2) is 0 Å². The molecule has 2 amide bonds. The Morgan fingerprint density at radius 1 is 1.09 bits per heavy atom. The summed E-state index contributed by atoms with van der Waals surface area (Å²) < 4.78 is 12.0. The highest BCUT2D eigenvalue weighted by atomic mass is 35.5. The molecular formula is C26H29ClN2O6. The fraction of sp³-hybridized carbons (Fsp3) is 0.500. The maximum Gasteiger partial charge on any atom is 0.313 e. The number of carbonyl (C=O) groups excluding carboxylic acids is 3. The first-order valence-electron chi connectivity index (χ1n) is 11.9. The van der Waals surface area contributed by atoms with Crippen molar-refractivity contribution in [2.24, 2.45) is 17.8 Å². The molecule has 1 unspecified atom stereocenters. The Balaban J connectivity index is 1.69. The number of ether oxygens (including phenoxy) is 2. The number of likely N-dealkylation sites (tertiary alicyclic amines) is 1. The molecule has 4 aliphatic rings. The molecule has 4 aliphatic heterocycles. The van der Waals surface area contributed by atoms with Crippen molar-refractivity contribution in [3.8, 4) is 0 Å².